The summed E-state index contributed by atoms with van der Waals surface area (Å²) in [7, 11) is 0. The topological polar surface area (TPSA) is 70.5 Å². The van der Waals surface area contributed by atoms with Crippen LogP contribution in [0, 0.1) is 29.1 Å². The van der Waals surface area contributed by atoms with Crippen molar-refractivity contribution < 1.29 is 44.6 Å². The third-order valence-corrected chi connectivity index (χ3v) is 3.87. The Labute approximate surface area is 168 Å². The van der Waals surface area contributed by atoms with Crippen LogP contribution in [0.15, 0.2) is 36.4 Å². The molecule has 0 heterocycles. The van der Waals surface area contributed by atoms with Crippen molar-refractivity contribution in [1.29, 1.82) is 0 Å². The van der Waals surface area contributed by atoms with E-state index in [4.69, 9.17) is 20.9 Å². The molecule has 0 aliphatic carbocycles. The Kier molecular flexibility index (Phi) is 5.57. The minimum atomic E-state index is -5.12. The van der Waals surface area contributed by atoms with Crippen LogP contribution in [0.3, 0.4) is 0 Å². The number of halogens is 8. The predicted octanol–water partition coefficient (Wildman–Crippen LogP) is 6.15. The molecule has 0 aliphatic heterocycles. The van der Waals surface area contributed by atoms with Crippen molar-refractivity contribution in [2.24, 2.45) is 0 Å². The van der Waals surface area contributed by atoms with Gasteiger partial charge in [-0.25, -0.2) is 17.6 Å². The standard InChI is InChI=1S/C19H10F8N2O2/c20-10-3-7(5-12(28)15(10)22)30-14-2-1-9(19(25,26)27)18(17(14)24)31-8-4-11(21)16(23)13(29)6-8/h1-6H,28-29H2. The van der Waals surface area contributed by atoms with Gasteiger partial charge >= 0.3 is 6.18 Å². The lowest BCUT2D eigenvalue weighted by atomic mass is 10.1. The van der Waals surface area contributed by atoms with E-state index in [9.17, 15) is 35.1 Å². The lowest BCUT2D eigenvalue weighted by molar-refractivity contribution is -0.138. The van der Waals surface area contributed by atoms with E-state index in [0.29, 0.717) is 30.3 Å². The molecule has 0 aromatic heterocycles. The number of hydrogen-bond acceptors (Lipinski definition) is 4. The SMILES string of the molecule is Nc1cc(Oc2ccc(C(F)(F)F)c(Oc3cc(N)c(F)c(F)c3)c2F)cc(F)c1F. The van der Waals surface area contributed by atoms with Crippen molar-refractivity contribution in [3.05, 3.63) is 71.0 Å². The Morgan fingerprint density at radius 3 is 1.58 bits per heavy atom. The molecule has 31 heavy (non-hydrogen) atoms. The van der Waals surface area contributed by atoms with E-state index in [1.807, 2.05) is 0 Å². The van der Waals surface area contributed by atoms with Crippen LogP contribution in [0.5, 0.6) is 23.0 Å². The summed E-state index contributed by atoms with van der Waals surface area (Å²) in [6, 6.07) is 3.18. The number of anilines is 2. The van der Waals surface area contributed by atoms with Gasteiger partial charge in [0.1, 0.15) is 17.1 Å². The Hall–Kier alpha value is -3.70. The number of nitrogen functional groups attached to an aromatic ring is 2. The normalized spacial score (nSPS) is 11.5. The highest BCUT2D eigenvalue weighted by Crippen LogP contribution is 2.44. The van der Waals surface area contributed by atoms with Crippen molar-refractivity contribution in [2.45, 2.75) is 6.18 Å². The molecule has 0 bridgehead atoms. The lowest BCUT2D eigenvalue weighted by Gasteiger charge is -2.17. The molecule has 0 fully saturated rings. The minimum Gasteiger partial charge on any atom is -0.454 e. The molecular weight excluding hydrogens is 440 g/mol. The fraction of sp³-hybridized carbons (Fsp3) is 0.0526. The van der Waals surface area contributed by atoms with Crippen molar-refractivity contribution in [3.63, 3.8) is 0 Å². The molecule has 0 radical (unpaired) electrons. The first-order valence-electron chi connectivity index (χ1n) is 8.13. The Morgan fingerprint density at radius 2 is 1.13 bits per heavy atom. The number of hydrogen-bond donors (Lipinski definition) is 2. The van der Waals surface area contributed by atoms with E-state index in [2.05, 4.69) is 0 Å². The Morgan fingerprint density at radius 1 is 0.645 bits per heavy atom. The second kappa shape index (κ2) is 7.85. The van der Waals surface area contributed by atoms with Gasteiger partial charge in [0.15, 0.2) is 34.8 Å². The predicted molar refractivity (Wildman–Crippen MR) is 93.1 cm³/mol. The maximum absolute atomic E-state index is 14.8. The van der Waals surface area contributed by atoms with Crippen LogP contribution in [-0.4, -0.2) is 0 Å². The summed E-state index contributed by atoms with van der Waals surface area (Å²) in [5.74, 6) is -11.2. The smallest absolute Gasteiger partial charge is 0.420 e. The van der Waals surface area contributed by atoms with E-state index in [-0.39, 0.29) is 0 Å². The van der Waals surface area contributed by atoms with Crippen LogP contribution >= 0.6 is 0 Å². The number of nitrogens with two attached hydrogens (primary N) is 2. The van der Waals surface area contributed by atoms with E-state index in [1.165, 1.54) is 0 Å². The molecule has 4 N–H and O–H groups in total. The van der Waals surface area contributed by atoms with Crippen LogP contribution in [0.25, 0.3) is 0 Å². The summed E-state index contributed by atoms with van der Waals surface area (Å²) in [4.78, 5) is 0. The van der Waals surface area contributed by atoms with Gasteiger partial charge < -0.3 is 20.9 Å². The molecule has 0 amide bonds. The van der Waals surface area contributed by atoms with Crippen molar-refractivity contribution in [2.75, 3.05) is 11.5 Å². The van der Waals surface area contributed by atoms with Gasteiger partial charge in [0, 0.05) is 24.3 Å². The van der Waals surface area contributed by atoms with Gasteiger partial charge in [0.2, 0.25) is 5.82 Å². The molecule has 3 rings (SSSR count). The molecule has 0 spiro atoms. The van der Waals surface area contributed by atoms with Crippen LogP contribution in [-0.2, 0) is 6.18 Å². The van der Waals surface area contributed by atoms with Crippen LogP contribution < -0.4 is 20.9 Å². The fourth-order valence-corrected chi connectivity index (χ4v) is 2.47. The molecule has 0 atom stereocenters. The minimum absolute atomic E-state index is 0.356. The molecule has 12 heteroatoms. The number of alkyl halides is 3. The van der Waals surface area contributed by atoms with Gasteiger partial charge in [-0.2, -0.15) is 17.6 Å². The molecule has 0 saturated heterocycles. The second-order valence-electron chi connectivity index (χ2n) is 6.07. The molecule has 0 saturated carbocycles. The van der Waals surface area contributed by atoms with E-state index >= 15 is 0 Å². The summed E-state index contributed by atoms with van der Waals surface area (Å²) in [6.45, 7) is 0. The van der Waals surface area contributed by atoms with Gasteiger partial charge in [-0.05, 0) is 12.1 Å². The van der Waals surface area contributed by atoms with Crippen molar-refractivity contribution in [1.82, 2.24) is 0 Å². The molecule has 4 nitrogen and oxygen atoms in total. The molecule has 3 aromatic carbocycles. The van der Waals surface area contributed by atoms with Gasteiger partial charge in [-0.15, -0.1) is 0 Å². The highest BCUT2D eigenvalue weighted by molar-refractivity contribution is 5.52. The quantitative estimate of drug-likeness (QED) is 0.370. The maximum atomic E-state index is 14.8. The number of rotatable bonds is 4. The zero-order valence-corrected chi connectivity index (χ0v) is 15.0. The summed E-state index contributed by atoms with van der Waals surface area (Å²) >= 11 is 0. The van der Waals surface area contributed by atoms with E-state index in [1.54, 1.807) is 0 Å². The number of ether oxygens (including phenoxy) is 2. The summed E-state index contributed by atoms with van der Waals surface area (Å²) < 4.78 is 118. The van der Waals surface area contributed by atoms with Gasteiger partial charge in [0.25, 0.3) is 0 Å². The fourth-order valence-electron chi connectivity index (χ4n) is 2.47. The van der Waals surface area contributed by atoms with Crippen LogP contribution in [0.1, 0.15) is 5.56 Å². The number of benzene rings is 3. The summed E-state index contributed by atoms with van der Waals surface area (Å²) in [6.07, 6.45) is -5.12. The third kappa shape index (κ3) is 4.42. The zero-order chi connectivity index (χ0) is 23.1. The first-order valence-corrected chi connectivity index (χ1v) is 8.13. The molecule has 0 aliphatic rings. The van der Waals surface area contributed by atoms with Gasteiger partial charge in [0.05, 0.1) is 11.4 Å². The Bertz CT molecular complexity index is 1120. The third-order valence-electron chi connectivity index (χ3n) is 3.87. The van der Waals surface area contributed by atoms with Crippen LogP contribution in [0.4, 0.5) is 46.5 Å². The van der Waals surface area contributed by atoms with Crippen molar-refractivity contribution in [3.8, 4) is 23.0 Å². The first kappa shape index (κ1) is 22.0. The van der Waals surface area contributed by atoms with Gasteiger partial charge in [-0.3, -0.25) is 0 Å². The highest BCUT2D eigenvalue weighted by Gasteiger charge is 2.37. The second-order valence-corrected chi connectivity index (χ2v) is 6.07. The average Bonchev–Trinajstić information content (AvgIpc) is 2.66. The zero-order valence-electron chi connectivity index (χ0n) is 15.0. The van der Waals surface area contributed by atoms with E-state index in [0.717, 1.165) is 6.07 Å². The molecule has 0 unspecified atom stereocenters. The van der Waals surface area contributed by atoms with Crippen molar-refractivity contribution >= 4 is 11.4 Å². The van der Waals surface area contributed by atoms with E-state index < -0.39 is 75.2 Å². The Balaban J connectivity index is 2.09. The van der Waals surface area contributed by atoms with Crippen LogP contribution in [0.2, 0.25) is 0 Å². The highest BCUT2D eigenvalue weighted by atomic mass is 19.4. The largest absolute Gasteiger partial charge is 0.454 e. The summed E-state index contributed by atoms with van der Waals surface area (Å²) in [5.41, 5.74) is 7.31. The molecule has 3 aromatic rings. The molecule has 164 valence electrons. The molecular formula is C19H10F8N2O2. The average molecular weight is 450 g/mol. The first-order chi connectivity index (χ1) is 14.4. The summed E-state index contributed by atoms with van der Waals surface area (Å²) in [5, 5.41) is 0. The monoisotopic (exact) mass is 450 g/mol. The van der Waals surface area contributed by atoms with Gasteiger partial charge in [-0.1, -0.05) is 0 Å². The maximum Gasteiger partial charge on any atom is 0.420 e. The lowest BCUT2D eigenvalue weighted by Crippen LogP contribution is -2.09.